The van der Waals surface area contributed by atoms with Crippen molar-refractivity contribution in [3.05, 3.63) is 23.3 Å². The lowest BCUT2D eigenvalue weighted by atomic mass is 9.48. The summed E-state index contributed by atoms with van der Waals surface area (Å²) in [7, 11) is 2.00. The van der Waals surface area contributed by atoms with Gasteiger partial charge in [-0.25, -0.2) is 4.79 Å². The molecule has 3 N–H and O–H groups in total. The van der Waals surface area contributed by atoms with Crippen LogP contribution in [-0.2, 0) is 16.6 Å². The number of hydrogen-bond donors (Lipinski definition) is 3. The van der Waals surface area contributed by atoms with E-state index in [1.807, 2.05) is 13.1 Å². The number of rotatable bonds is 8. The van der Waals surface area contributed by atoms with Crippen LogP contribution in [0.3, 0.4) is 0 Å². The molecule has 6 atom stereocenters. The van der Waals surface area contributed by atoms with Crippen LogP contribution in [0.4, 0.5) is 0 Å². The number of phenols is 1. The van der Waals surface area contributed by atoms with E-state index >= 15 is 0 Å². The number of ether oxygens (including phenoxy) is 1. The highest BCUT2D eigenvalue weighted by molar-refractivity contribution is 5.67. The molecule has 6 heteroatoms. The zero-order valence-corrected chi connectivity index (χ0v) is 20.8. The molecule has 3 aliphatic carbocycles. The third-order valence-electron chi connectivity index (χ3n) is 10.0. The van der Waals surface area contributed by atoms with Gasteiger partial charge in [0.15, 0.2) is 17.6 Å². The average Bonchev–Trinajstić information content (AvgIpc) is 3.57. The Morgan fingerprint density at radius 3 is 2.79 bits per heavy atom. The van der Waals surface area contributed by atoms with E-state index in [2.05, 4.69) is 11.8 Å². The van der Waals surface area contributed by atoms with Crippen molar-refractivity contribution in [2.24, 2.45) is 5.92 Å². The SMILES string of the molecule is CCCCCCC(=O)[NH+](C)C1CCC2(O)C3Cc4ccc(O)c5c4C2(CCN3CC2CC2)C1O5. The summed E-state index contributed by atoms with van der Waals surface area (Å²) in [6.07, 6.45) is 10.4. The van der Waals surface area contributed by atoms with Gasteiger partial charge in [0.2, 0.25) is 0 Å². The van der Waals surface area contributed by atoms with Gasteiger partial charge in [-0.05, 0) is 62.6 Å². The first-order valence-corrected chi connectivity index (χ1v) is 13.8. The summed E-state index contributed by atoms with van der Waals surface area (Å²) < 4.78 is 6.63. The van der Waals surface area contributed by atoms with E-state index in [9.17, 15) is 15.0 Å². The minimum atomic E-state index is -0.877. The van der Waals surface area contributed by atoms with Gasteiger partial charge in [0.25, 0.3) is 0 Å². The number of aliphatic hydroxyl groups is 1. The Balaban J connectivity index is 1.35. The van der Waals surface area contributed by atoms with Gasteiger partial charge in [-0.3, -0.25) is 9.80 Å². The van der Waals surface area contributed by atoms with Crippen LogP contribution in [0.25, 0.3) is 0 Å². The Kier molecular flexibility index (Phi) is 5.51. The zero-order valence-electron chi connectivity index (χ0n) is 20.8. The lowest BCUT2D eigenvalue weighted by Gasteiger charge is -2.64. The van der Waals surface area contributed by atoms with Gasteiger partial charge < -0.3 is 14.9 Å². The lowest BCUT2D eigenvalue weighted by Crippen LogP contribution is -3.18. The largest absolute Gasteiger partial charge is 0.504 e. The summed E-state index contributed by atoms with van der Waals surface area (Å²) in [5, 5.41) is 23.3. The van der Waals surface area contributed by atoms with Gasteiger partial charge in [-0.2, -0.15) is 0 Å². The second-order valence-electron chi connectivity index (χ2n) is 11.9. The van der Waals surface area contributed by atoms with E-state index in [-0.39, 0.29) is 29.8 Å². The number of unbranched alkanes of at least 4 members (excludes halogenated alkanes) is 3. The molecule has 3 fully saturated rings. The fourth-order valence-corrected chi connectivity index (χ4v) is 8.04. The first kappa shape index (κ1) is 22.8. The first-order valence-electron chi connectivity index (χ1n) is 13.8. The average molecular weight is 470 g/mol. The standard InChI is InChI=1S/C28H40N2O4/c1-3-4-5-6-7-23(32)29(2)20-12-13-28(33)22-16-19-10-11-21(31)25-24(19)27(28,26(20)34-25)14-15-30(22)17-18-8-9-18/h10-11,18,20,22,26,31,33H,3-9,12-17H2,1-2H3/p+1. The summed E-state index contributed by atoms with van der Waals surface area (Å²) in [5.41, 5.74) is 0.856. The summed E-state index contributed by atoms with van der Waals surface area (Å²) in [6.45, 7) is 4.22. The molecule has 2 heterocycles. The van der Waals surface area contributed by atoms with Gasteiger partial charge in [0.1, 0.15) is 6.04 Å². The van der Waals surface area contributed by atoms with Crippen molar-refractivity contribution >= 4 is 5.91 Å². The minimum Gasteiger partial charge on any atom is -0.504 e. The van der Waals surface area contributed by atoms with Crippen LogP contribution < -0.4 is 9.64 Å². The molecule has 2 aliphatic heterocycles. The Morgan fingerprint density at radius 1 is 1.21 bits per heavy atom. The van der Waals surface area contributed by atoms with E-state index in [1.54, 1.807) is 6.07 Å². The van der Waals surface area contributed by atoms with E-state index in [0.29, 0.717) is 18.6 Å². The molecule has 0 radical (unpaired) electrons. The van der Waals surface area contributed by atoms with Crippen molar-refractivity contribution < 1.29 is 24.6 Å². The maximum absolute atomic E-state index is 13.2. The fourth-order valence-electron chi connectivity index (χ4n) is 8.04. The number of nitrogens with zero attached hydrogens (tertiary/aromatic N) is 1. The zero-order chi connectivity index (χ0) is 23.7. The number of quaternary nitrogens is 1. The molecule has 6 nitrogen and oxygen atoms in total. The summed E-state index contributed by atoms with van der Waals surface area (Å²) in [4.78, 5) is 16.7. The second kappa shape index (κ2) is 8.21. The Morgan fingerprint density at radius 2 is 2.03 bits per heavy atom. The van der Waals surface area contributed by atoms with Crippen LogP contribution in [0, 0.1) is 5.92 Å². The fraction of sp³-hybridized carbons (Fsp3) is 0.750. The van der Waals surface area contributed by atoms with E-state index < -0.39 is 11.0 Å². The maximum atomic E-state index is 13.2. The molecular weight excluding hydrogens is 428 g/mol. The Bertz CT molecular complexity index is 977. The van der Waals surface area contributed by atoms with Gasteiger partial charge in [-0.15, -0.1) is 0 Å². The number of likely N-dealkylation sites (N-methyl/N-ethyl adjacent to an activating group) is 1. The molecule has 1 spiro atoms. The molecule has 1 aromatic carbocycles. The molecule has 6 unspecified atom stereocenters. The minimum absolute atomic E-state index is 0.00710. The molecule has 2 bridgehead atoms. The monoisotopic (exact) mass is 469 g/mol. The van der Waals surface area contributed by atoms with Crippen molar-refractivity contribution in [2.45, 2.75) is 107 Å². The Labute approximate surface area is 203 Å². The van der Waals surface area contributed by atoms with Crippen molar-refractivity contribution in [3.63, 3.8) is 0 Å². The van der Waals surface area contributed by atoms with E-state index in [1.165, 1.54) is 31.2 Å². The van der Waals surface area contributed by atoms with Crippen LogP contribution in [0.2, 0.25) is 0 Å². The molecule has 186 valence electrons. The van der Waals surface area contributed by atoms with Crippen molar-refractivity contribution in [1.82, 2.24) is 4.90 Å². The second-order valence-corrected chi connectivity index (χ2v) is 11.9. The van der Waals surface area contributed by atoms with Crippen LogP contribution in [0.5, 0.6) is 11.5 Å². The number of phenolic OH excluding ortho intramolecular Hbond substituents is 1. The predicted molar refractivity (Wildman–Crippen MR) is 129 cm³/mol. The summed E-state index contributed by atoms with van der Waals surface area (Å²) in [6, 6.07) is 3.89. The van der Waals surface area contributed by atoms with E-state index in [0.717, 1.165) is 61.6 Å². The van der Waals surface area contributed by atoms with Crippen LogP contribution in [0.1, 0.15) is 82.3 Å². The third kappa shape index (κ3) is 3.14. The maximum Gasteiger partial charge on any atom is 0.312 e. The molecular formula is C28H41N2O4+. The molecule has 5 aliphatic rings. The number of piperidine rings is 1. The number of aromatic hydroxyl groups is 1. The normalized spacial score (nSPS) is 36.6. The van der Waals surface area contributed by atoms with Gasteiger partial charge in [0, 0.05) is 24.6 Å². The van der Waals surface area contributed by atoms with E-state index in [4.69, 9.17) is 4.74 Å². The smallest absolute Gasteiger partial charge is 0.312 e. The van der Waals surface area contributed by atoms with Crippen molar-refractivity contribution in [2.75, 3.05) is 20.1 Å². The number of benzene rings is 1. The molecule has 6 rings (SSSR count). The number of likely N-dealkylation sites (tertiary alicyclic amines) is 1. The lowest BCUT2D eigenvalue weighted by molar-refractivity contribution is -0.834. The summed E-state index contributed by atoms with van der Waals surface area (Å²) >= 11 is 0. The molecule has 1 aromatic rings. The molecule has 0 aromatic heterocycles. The number of carbonyl (C=O) groups excluding carboxylic acids is 1. The Hall–Kier alpha value is -1.63. The van der Waals surface area contributed by atoms with Gasteiger partial charge in [-0.1, -0.05) is 32.3 Å². The molecule has 1 saturated heterocycles. The van der Waals surface area contributed by atoms with Crippen LogP contribution in [0.15, 0.2) is 12.1 Å². The highest BCUT2D eigenvalue weighted by atomic mass is 16.5. The van der Waals surface area contributed by atoms with Crippen LogP contribution in [-0.4, -0.2) is 64.9 Å². The van der Waals surface area contributed by atoms with Gasteiger partial charge in [0.05, 0.1) is 24.5 Å². The highest BCUT2D eigenvalue weighted by Gasteiger charge is 2.74. The topological polar surface area (TPSA) is 74.4 Å². The molecule has 1 amide bonds. The predicted octanol–water partition coefficient (Wildman–Crippen LogP) is 2.34. The number of nitrogens with one attached hydrogen (secondary N) is 1. The summed E-state index contributed by atoms with van der Waals surface area (Å²) in [5.74, 6) is 1.78. The molecule has 34 heavy (non-hydrogen) atoms. The first-order chi connectivity index (χ1) is 16.4. The quantitative estimate of drug-likeness (QED) is 0.510. The molecule has 2 saturated carbocycles. The van der Waals surface area contributed by atoms with Crippen molar-refractivity contribution in [3.8, 4) is 11.5 Å². The van der Waals surface area contributed by atoms with Crippen molar-refractivity contribution in [1.29, 1.82) is 0 Å². The number of carbonyl (C=O) groups is 1. The number of amides is 1. The highest BCUT2D eigenvalue weighted by Crippen LogP contribution is 2.65. The van der Waals surface area contributed by atoms with Gasteiger partial charge >= 0.3 is 5.91 Å². The third-order valence-corrected chi connectivity index (χ3v) is 10.0. The number of hydrogen-bond acceptors (Lipinski definition) is 5. The van der Waals surface area contributed by atoms with Crippen LogP contribution >= 0.6 is 0 Å².